The minimum Gasteiger partial charge on any atom is -0.0888 e. The third-order valence-corrected chi connectivity index (χ3v) is 1.94. The van der Waals surface area contributed by atoms with Crippen molar-refractivity contribution in [3.8, 4) is 0 Å². The lowest BCUT2D eigenvalue weighted by Crippen LogP contribution is -1.74. The van der Waals surface area contributed by atoms with E-state index in [1.54, 1.807) is 0 Å². The second kappa shape index (κ2) is 4.40. The molecule has 0 spiro atoms. The molecule has 0 unspecified atom stereocenters. The van der Waals surface area contributed by atoms with Gasteiger partial charge in [0.05, 0.1) is 0 Å². The Bertz CT molecular complexity index is 209. The molecule has 0 radical (unpaired) electrons. The SMILES string of the molecule is CCCC1=CC=C(Cl)CC=C1. The molecule has 1 heteroatoms. The first-order valence-corrected chi connectivity index (χ1v) is 4.42. The van der Waals surface area contributed by atoms with Gasteiger partial charge in [0.15, 0.2) is 0 Å². The molecule has 60 valence electrons. The third kappa shape index (κ3) is 2.94. The van der Waals surface area contributed by atoms with E-state index in [9.17, 15) is 0 Å². The van der Waals surface area contributed by atoms with E-state index in [1.165, 1.54) is 12.0 Å². The second-order valence-electron chi connectivity index (χ2n) is 2.71. The van der Waals surface area contributed by atoms with Gasteiger partial charge in [0.25, 0.3) is 0 Å². The zero-order chi connectivity index (χ0) is 8.10. The van der Waals surface area contributed by atoms with Crippen molar-refractivity contribution in [2.75, 3.05) is 0 Å². The van der Waals surface area contributed by atoms with Crippen LogP contribution in [0.5, 0.6) is 0 Å². The van der Waals surface area contributed by atoms with Crippen molar-refractivity contribution < 1.29 is 0 Å². The largest absolute Gasteiger partial charge is 0.0888 e. The second-order valence-corrected chi connectivity index (χ2v) is 3.20. The molecule has 0 saturated carbocycles. The summed E-state index contributed by atoms with van der Waals surface area (Å²) in [5.41, 5.74) is 1.38. The first-order valence-electron chi connectivity index (χ1n) is 4.04. The molecule has 11 heavy (non-hydrogen) atoms. The molecular weight excluding hydrogens is 156 g/mol. The Morgan fingerprint density at radius 3 is 3.00 bits per heavy atom. The standard InChI is InChI=1S/C10H13Cl/c1-2-4-9-5-3-6-10(11)8-7-9/h3,5,7-8H,2,4,6H2,1H3. The summed E-state index contributed by atoms with van der Waals surface area (Å²) in [6.07, 6.45) is 11.6. The molecule has 0 nitrogen and oxygen atoms in total. The average molecular weight is 169 g/mol. The zero-order valence-electron chi connectivity index (χ0n) is 6.81. The van der Waals surface area contributed by atoms with Gasteiger partial charge in [-0.25, -0.2) is 0 Å². The van der Waals surface area contributed by atoms with Crippen LogP contribution in [-0.4, -0.2) is 0 Å². The first kappa shape index (κ1) is 8.61. The lowest BCUT2D eigenvalue weighted by Gasteiger charge is -1.94. The number of rotatable bonds is 2. The summed E-state index contributed by atoms with van der Waals surface area (Å²) >= 11 is 5.85. The Morgan fingerprint density at radius 2 is 2.27 bits per heavy atom. The summed E-state index contributed by atoms with van der Waals surface area (Å²) in [5, 5.41) is 0.923. The first-order chi connectivity index (χ1) is 5.33. The van der Waals surface area contributed by atoms with E-state index in [0.717, 1.165) is 17.9 Å². The number of halogens is 1. The maximum absolute atomic E-state index is 5.85. The maximum atomic E-state index is 5.85. The average Bonchev–Trinajstić information content (AvgIpc) is 2.17. The van der Waals surface area contributed by atoms with E-state index in [1.807, 2.05) is 6.08 Å². The van der Waals surface area contributed by atoms with Gasteiger partial charge in [0.2, 0.25) is 0 Å². The molecule has 1 aliphatic carbocycles. The summed E-state index contributed by atoms with van der Waals surface area (Å²) in [7, 11) is 0. The van der Waals surface area contributed by atoms with Crippen LogP contribution in [0.25, 0.3) is 0 Å². The molecule has 0 amide bonds. The van der Waals surface area contributed by atoms with Crippen LogP contribution >= 0.6 is 11.6 Å². The van der Waals surface area contributed by atoms with Crippen molar-refractivity contribution >= 4 is 11.6 Å². The monoisotopic (exact) mass is 168 g/mol. The van der Waals surface area contributed by atoms with Crippen molar-refractivity contribution in [3.63, 3.8) is 0 Å². The smallest absolute Gasteiger partial charge is 0.0218 e. The van der Waals surface area contributed by atoms with E-state index in [-0.39, 0.29) is 0 Å². The highest BCUT2D eigenvalue weighted by Crippen LogP contribution is 2.16. The van der Waals surface area contributed by atoms with Gasteiger partial charge < -0.3 is 0 Å². The van der Waals surface area contributed by atoms with E-state index >= 15 is 0 Å². The highest BCUT2D eigenvalue weighted by molar-refractivity contribution is 6.29. The molecular formula is C10H13Cl. The minimum absolute atomic E-state index is 0.880. The molecule has 0 atom stereocenters. The van der Waals surface area contributed by atoms with E-state index in [0.29, 0.717) is 0 Å². The quantitative estimate of drug-likeness (QED) is 0.589. The Hall–Kier alpha value is -0.490. The highest BCUT2D eigenvalue weighted by Gasteiger charge is 1.94. The van der Waals surface area contributed by atoms with Crippen molar-refractivity contribution in [2.24, 2.45) is 0 Å². The molecule has 0 heterocycles. The summed E-state index contributed by atoms with van der Waals surface area (Å²) in [6.45, 7) is 2.19. The molecule has 0 aromatic carbocycles. The summed E-state index contributed by atoms with van der Waals surface area (Å²) in [4.78, 5) is 0. The van der Waals surface area contributed by atoms with E-state index in [2.05, 4.69) is 25.2 Å². The van der Waals surface area contributed by atoms with Crippen molar-refractivity contribution in [1.29, 1.82) is 0 Å². The molecule has 0 aromatic rings. The highest BCUT2D eigenvalue weighted by atomic mass is 35.5. The topological polar surface area (TPSA) is 0 Å². The van der Waals surface area contributed by atoms with Crippen LogP contribution in [0.3, 0.4) is 0 Å². The number of hydrogen-bond acceptors (Lipinski definition) is 0. The molecule has 0 fully saturated rings. The van der Waals surface area contributed by atoms with Crippen molar-refractivity contribution in [1.82, 2.24) is 0 Å². The fraction of sp³-hybridized carbons (Fsp3) is 0.400. The molecule has 1 rings (SSSR count). The van der Waals surface area contributed by atoms with Gasteiger partial charge in [0.1, 0.15) is 0 Å². The van der Waals surface area contributed by atoms with Gasteiger partial charge in [-0.2, -0.15) is 0 Å². The molecule has 0 aromatic heterocycles. The van der Waals surface area contributed by atoms with E-state index < -0.39 is 0 Å². The van der Waals surface area contributed by atoms with Gasteiger partial charge in [-0.15, -0.1) is 0 Å². The summed E-state index contributed by atoms with van der Waals surface area (Å²) < 4.78 is 0. The number of allylic oxidation sites excluding steroid dienone is 6. The predicted octanol–water partition coefficient (Wildman–Crippen LogP) is 3.80. The fourth-order valence-electron chi connectivity index (χ4n) is 1.10. The molecule has 0 saturated heterocycles. The van der Waals surface area contributed by atoms with Crippen molar-refractivity contribution in [2.45, 2.75) is 26.2 Å². The molecule has 1 aliphatic rings. The summed E-state index contributed by atoms with van der Waals surface area (Å²) in [6, 6.07) is 0. The predicted molar refractivity (Wildman–Crippen MR) is 50.7 cm³/mol. The van der Waals surface area contributed by atoms with E-state index in [4.69, 9.17) is 11.6 Å². The van der Waals surface area contributed by atoms with Crippen molar-refractivity contribution in [3.05, 3.63) is 34.9 Å². The van der Waals surface area contributed by atoms with Gasteiger partial charge in [-0.1, -0.05) is 43.2 Å². The Kier molecular flexibility index (Phi) is 3.44. The van der Waals surface area contributed by atoms with Crippen LogP contribution in [0.15, 0.2) is 34.9 Å². The Balaban J connectivity index is 2.64. The normalized spacial score (nSPS) is 17.3. The molecule has 0 bridgehead atoms. The van der Waals surface area contributed by atoms with Gasteiger partial charge in [-0.05, 0) is 18.1 Å². The maximum Gasteiger partial charge on any atom is 0.0218 e. The van der Waals surface area contributed by atoms with Crippen LogP contribution in [0.1, 0.15) is 26.2 Å². The molecule has 0 aliphatic heterocycles. The van der Waals surface area contributed by atoms with Gasteiger partial charge in [-0.3, -0.25) is 0 Å². The van der Waals surface area contributed by atoms with Crippen LogP contribution in [0.4, 0.5) is 0 Å². The number of hydrogen-bond donors (Lipinski definition) is 0. The van der Waals surface area contributed by atoms with Gasteiger partial charge >= 0.3 is 0 Å². The third-order valence-electron chi connectivity index (χ3n) is 1.66. The van der Waals surface area contributed by atoms with Crippen LogP contribution in [-0.2, 0) is 0 Å². The summed E-state index contributed by atoms with van der Waals surface area (Å²) in [5.74, 6) is 0. The minimum atomic E-state index is 0.880. The van der Waals surface area contributed by atoms with Crippen LogP contribution in [0, 0.1) is 0 Å². The zero-order valence-corrected chi connectivity index (χ0v) is 7.56. The lowest BCUT2D eigenvalue weighted by molar-refractivity contribution is 0.926. The Morgan fingerprint density at radius 1 is 1.45 bits per heavy atom. The fourth-order valence-corrected chi connectivity index (χ4v) is 1.25. The lowest BCUT2D eigenvalue weighted by atomic mass is 10.1. The van der Waals surface area contributed by atoms with Crippen LogP contribution in [0.2, 0.25) is 0 Å². The van der Waals surface area contributed by atoms with Crippen LogP contribution < -0.4 is 0 Å². The Labute approximate surface area is 73.3 Å². The van der Waals surface area contributed by atoms with Gasteiger partial charge in [0, 0.05) is 11.5 Å². The molecule has 0 N–H and O–H groups in total.